The summed E-state index contributed by atoms with van der Waals surface area (Å²) >= 11 is 1.45. The fourth-order valence-corrected chi connectivity index (χ4v) is 4.15. The maximum Gasteiger partial charge on any atom is 0.276 e. The van der Waals surface area contributed by atoms with Crippen LogP contribution in [0.25, 0.3) is 0 Å². The van der Waals surface area contributed by atoms with E-state index in [1.165, 1.54) is 11.3 Å². The molecule has 0 spiro atoms. The van der Waals surface area contributed by atoms with Crippen molar-refractivity contribution >= 4 is 28.2 Å². The van der Waals surface area contributed by atoms with E-state index in [0.29, 0.717) is 22.8 Å². The van der Waals surface area contributed by atoms with Gasteiger partial charge in [0.15, 0.2) is 5.69 Å². The Morgan fingerprint density at radius 3 is 2.86 bits per heavy atom. The monoisotopic (exact) mass is 318 g/mol. The van der Waals surface area contributed by atoms with E-state index in [9.17, 15) is 9.59 Å². The number of aryl methyl sites for hydroxylation is 3. The fourth-order valence-electron chi connectivity index (χ4n) is 2.86. The van der Waals surface area contributed by atoms with Crippen molar-refractivity contribution in [2.75, 3.05) is 5.32 Å². The smallest absolute Gasteiger partial charge is 0.276 e. The Balaban J connectivity index is 1.89. The van der Waals surface area contributed by atoms with Gasteiger partial charge in [-0.15, -0.1) is 11.3 Å². The SMILES string of the molecule is CCn1nc(C(=O)Nc2sc3c(c2C(N)=O)CCC3)cc1C. The highest BCUT2D eigenvalue weighted by Crippen LogP contribution is 2.38. The van der Waals surface area contributed by atoms with E-state index in [1.54, 1.807) is 10.7 Å². The van der Waals surface area contributed by atoms with Gasteiger partial charge in [-0.25, -0.2) is 0 Å². The summed E-state index contributed by atoms with van der Waals surface area (Å²) in [6.07, 6.45) is 2.83. The van der Waals surface area contributed by atoms with Crippen LogP contribution in [-0.2, 0) is 19.4 Å². The Hall–Kier alpha value is -2.15. The number of nitrogens with two attached hydrogens (primary N) is 1. The second-order valence-electron chi connectivity index (χ2n) is 5.37. The maximum absolute atomic E-state index is 12.4. The van der Waals surface area contributed by atoms with Gasteiger partial charge < -0.3 is 11.1 Å². The van der Waals surface area contributed by atoms with E-state index >= 15 is 0 Å². The Morgan fingerprint density at radius 2 is 2.23 bits per heavy atom. The Kier molecular flexibility index (Phi) is 3.74. The van der Waals surface area contributed by atoms with Crippen LogP contribution >= 0.6 is 11.3 Å². The highest BCUT2D eigenvalue weighted by Gasteiger charge is 2.26. The lowest BCUT2D eigenvalue weighted by Crippen LogP contribution is -2.18. The lowest BCUT2D eigenvalue weighted by molar-refractivity contribution is 0.100. The van der Waals surface area contributed by atoms with Gasteiger partial charge in [-0.05, 0) is 44.7 Å². The fraction of sp³-hybridized carbons (Fsp3) is 0.400. The molecule has 6 nitrogen and oxygen atoms in total. The standard InChI is InChI=1S/C15H18N4O2S/c1-3-19-8(2)7-10(18-19)14(21)17-15-12(13(16)20)9-5-4-6-11(9)22-15/h7H,3-6H2,1-2H3,(H2,16,20)(H,17,21). The minimum absolute atomic E-state index is 0.308. The topological polar surface area (TPSA) is 90.0 Å². The van der Waals surface area contributed by atoms with E-state index in [2.05, 4.69) is 10.4 Å². The largest absolute Gasteiger partial charge is 0.365 e. The molecule has 0 aliphatic heterocycles. The lowest BCUT2D eigenvalue weighted by atomic mass is 10.1. The van der Waals surface area contributed by atoms with E-state index < -0.39 is 5.91 Å². The van der Waals surface area contributed by atoms with Crippen LogP contribution in [0.3, 0.4) is 0 Å². The number of anilines is 1. The summed E-state index contributed by atoms with van der Waals surface area (Å²) in [6.45, 7) is 4.58. The van der Waals surface area contributed by atoms with E-state index in [1.807, 2.05) is 13.8 Å². The summed E-state index contributed by atoms with van der Waals surface area (Å²) in [6, 6.07) is 1.74. The number of primary amides is 1. The van der Waals surface area contributed by atoms with Crippen molar-refractivity contribution in [3.63, 3.8) is 0 Å². The van der Waals surface area contributed by atoms with Crippen LogP contribution in [0.5, 0.6) is 0 Å². The first-order valence-electron chi connectivity index (χ1n) is 7.31. The number of nitrogens with zero attached hydrogens (tertiary/aromatic N) is 2. The summed E-state index contributed by atoms with van der Waals surface area (Å²) in [7, 11) is 0. The molecular formula is C15H18N4O2S. The second kappa shape index (κ2) is 5.57. The van der Waals surface area contributed by atoms with Gasteiger partial charge in [0.1, 0.15) is 5.00 Å². The minimum atomic E-state index is -0.482. The molecule has 0 fully saturated rings. The van der Waals surface area contributed by atoms with E-state index in [0.717, 1.165) is 35.4 Å². The molecule has 3 rings (SSSR count). The predicted molar refractivity (Wildman–Crippen MR) is 85.5 cm³/mol. The molecule has 0 unspecified atom stereocenters. The summed E-state index contributed by atoms with van der Waals surface area (Å²) in [4.78, 5) is 25.2. The van der Waals surface area contributed by atoms with Crippen LogP contribution in [0.4, 0.5) is 5.00 Å². The number of thiophene rings is 1. The third-order valence-electron chi connectivity index (χ3n) is 3.91. The first-order valence-corrected chi connectivity index (χ1v) is 8.13. The maximum atomic E-state index is 12.4. The van der Waals surface area contributed by atoms with Crippen LogP contribution in [0.15, 0.2) is 6.07 Å². The molecule has 2 aromatic heterocycles. The summed E-state index contributed by atoms with van der Waals surface area (Å²) in [5.74, 6) is -0.789. The molecule has 1 aliphatic rings. The van der Waals surface area contributed by atoms with Gasteiger partial charge in [-0.1, -0.05) is 0 Å². The van der Waals surface area contributed by atoms with Crippen molar-refractivity contribution in [3.05, 3.63) is 33.5 Å². The molecule has 2 amide bonds. The van der Waals surface area contributed by atoms with Crippen molar-refractivity contribution in [2.24, 2.45) is 5.73 Å². The number of amides is 2. The second-order valence-corrected chi connectivity index (χ2v) is 6.47. The third-order valence-corrected chi connectivity index (χ3v) is 5.12. The zero-order valence-corrected chi connectivity index (χ0v) is 13.4. The van der Waals surface area contributed by atoms with Crippen molar-refractivity contribution in [2.45, 2.75) is 39.7 Å². The number of nitrogens with one attached hydrogen (secondary N) is 1. The molecule has 0 saturated carbocycles. The molecule has 3 N–H and O–H groups in total. The minimum Gasteiger partial charge on any atom is -0.365 e. The van der Waals surface area contributed by atoms with Crippen LogP contribution in [0.2, 0.25) is 0 Å². The summed E-state index contributed by atoms with van der Waals surface area (Å²) in [5.41, 5.74) is 8.24. The van der Waals surface area contributed by atoms with Gasteiger partial charge in [-0.3, -0.25) is 14.3 Å². The lowest BCUT2D eigenvalue weighted by Gasteiger charge is -2.04. The molecule has 0 aromatic carbocycles. The molecule has 0 saturated heterocycles. The average Bonchev–Trinajstić information content (AvgIpc) is 3.11. The Labute approximate surface area is 132 Å². The first kappa shape index (κ1) is 14.8. The molecule has 2 aromatic rings. The van der Waals surface area contributed by atoms with Crippen molar-refractivity contribution in [1.82, 2.24) is 9.78 Å². The van der Waals surface area contributed by atoms with Gasteiger partial charge in [-0.2, -0.15) is 5.10 Å². The van der Waals surface area contributed by atoms with Crippen LogP contribution in [0.1, 0.15) is 50.3 Å². The zero-order valence-electron chi connectivity index (χ0n) is 12.6. The van der Waals surface area contributed by atoms with Gasteiger partial charge >= 0.3 is 0 Å². The number of fused-ring (bicyclic) bond motifs is 1. The molecule has 7 heteroatoms. The highest BCUT2D eigenvalue weighted by atomic mass is 32.1. The number of carbonyl (C=O) groups is 2. The third kappa shape index (κ3) is 2.41. The number of hydrogen-bond acceptors (Lipinski definition) is 4. The van der Waals surface area contributed by atoms with Crippen molar-refractivity contribution in [3.8, 4) is 0 Å². The Morgan fingerprint density at radius 1 is 1.45 bits per heavy atom. The van der Waals surface area contributed by atoms with Crippen LogP contribution in [0, 0.1) is 6.92 Å². The molecular weight excluding hydrogens is 300 g/mol. The van der Waals surface area contributed by atoms with Crippen molar-refractivity contribution < 1.29 is 9.59 Å². The molecule has 0 radical (unpaired) electrons. The van der Waals surface area contributed by atoms with E-state index in [-0.39, 0.29) is 5.91 Å². The molecule has 0 bridgehead atoms. The number of aromatic nitrogens is 2. The molecule has 22 heavy (non-hydrogen) atoms. The van der Waals surface area contributed by atoms with Gasteiger partial charge in [0.05, 0.1) is 5.56 Å². The van der Waals surface area contributed by atoms with Gasteiger partial charge in [0.2, 0.25) is 0 Å². The summed E-state index contributed by atoms with van der Waals surface area (Å²) < 4.78 is 1.76. The first-order chi connectivity index (χ1) is 10.5. The molecule has 1 aliphatic carbocycles. The van der Waals surface area contributed by atoms with Gasteiger partial charge in [0, 0.05) is 17.1 Å². The molecule has 2 heterocycles. The van der Waals surface area contributed by atoms with E-state index in [4.69, 9.17) is 5.73 Å². The molecule has 0 atom stereocenters. The number of carbonyl (C=O) groups excluding carboxylic acids is 2. The normalized spacial score (nSPS) is 13.2. The quantitative estimate of drug-likeness (QED) is 0.904. The number of hydrogen-bond donors (Lipinski definition) is 2. The van der Waals surface area contributed by atoms with Crippen LogP contribution in [-0.4, -0.2) is 21.6 Å². The Bertz CT molecular complexity index is 760. The number of rotatable bonds is 4. The summed E-state index contributed by atoms with van der Waals surface area (Å²) in [5, 5.41) is 7.61. The van der Waals surface area contributed by atoms with Crippen molar-refractivity contribution in [1.29, 1.82) is 0 Å². The zero-order chi connectivity index (χ0) is 15.9. The average molecular weight is 318 g/mol. The molecule has 116 valence electrons. The van der Waals surface area contributed by atoms with Crippen LogP contribution < -0.4 is 11.1 Å². The van der Waals surface area contributed by atoms with Gasteiger partial charge in [0.25, 0.3) is 11.8 Å². The highest BCUT2D eigenvalue weighted by molar-refractivity contribution is 7.17. The predicted octanol–water partition coefficient (Wildman–Crippen LogP) is 2.11.